The summed E-state index contributed by atoms with van der Waals surface area (Å²) in [6.45, 7) is 2.35. The standard InChI is InChI=1S/C15H15BrN2O4S/c1-3-22-11-5-4-9(6-12(11)21-2)14(19)17-18-15(20)10-7-13(16)23-8-10/h4-8H,3H2,1-2H3,(H,17,19)(H,18,20). The lowest BCUT2D eigenvalue weighted by atomic mass is 10.2. The number of halogens is 1. The molecule has 0 aliphatic rings. The first kappa shape index (κ1) is 17.3. The average Bonchev–Trinajstić information content (AvgIpc) is 2.99. The van der Waals surface area contributed by atoms with E-state index < -0.39 is 11.8 Å². The summed E-state index contributed by atoms with van der Waals surface area (Å²) >= 11 is 4.67. The zero-order chi connectivity index (χ0) is 16.8. The molecule has 2 aromatic rings. The molecule has 0 radical (unpaired) electrons. The molecule has 0 bridgehead atoms. The van der Waals surface area contributed by atoms with Crippen LogP contribution >= 0.6 is 27.3 Å². The number of hydrogen-bond donors (Lipinski definition) is 2. The van der Waals surface area contributed by atoms with Gasteiger partial charge in [0.25, 0.3) is 11.8 Å². The fourth-order valence-electron chi connectivity index (χ4n) is 1.77. The van der Waals surface area contributed by atoms with Crippen LogP contribution in [0.1, 0.15) is 27.6 Å². The Bertz CT molecular complexity index is 717. The Balaban J connectivity index is 2.01. The maximum atomic E-state index is 12.1. The Morgan fingerprint density at radius 3 is 2.39 bits per heavy atom. The van der Waals surface area contributed by atoms with Gasteiger partial charge in [0.15, 0.2) is 11.5 Å². The molecule has 122 valence electrons. The largest absolute Gasteiger partial charge is 0.493 e. The van der Waals surface area contributed by atoms with Gasteiger partial charge < -0.3 is 9.47 Å². The van der Waals surface area contributed by atoms with Crippen molar-refractivity contribution in [1.82, 2.24) is 10.9 Å². The highest BCUT2D eigenvalue weighted by Gasteiger charge is 2.13. The van der Waals surface area contributed by atoms with Gasteiger partial charge in [-0.05, 0) is 47.1 Å². The normalized spacial score (nSPS) is 10.0. The number of carbonyl (C=O) groups is 2. The Morgan fingerprint density at radius 1 is 1.13 bits per heavy atom. The van der Waals surface area contributed by atoms with Crippen LogP contribution in [0.15, 0.2) is 33.4 Å². The summed E-state index contributed by atoms with van der Waals surface area (Å²) in [5, 5.41) is 1.69. The number of ether oxygens (including phenoxy) is 2. The van der Waals surface area contributed by atoms with Crippen LogP contribution in [0.2, 0.25) is 0 Å². The van der Waals surface area contributed by atoms with E-state index in [-0.39, 0.29) is 0 Å². The van der Waals surface area contributed by atoms with Crippen LogP contribution in [-0.2, 0) is 0 Å². The Morgan fingerprint density at radius 2 is 1.83 bits per heavy atom. The molecule has 0 saturated heterocycles. The highest BCUT2D eigenvalue weighted by Crippen LogP contribution is 2.28. The summed E-state index contributed by atoms with van der Waals surface area (Å²) in [4.78, 5) is 24.0. The predicted molar refractivity (Wildman–Crippen MR) is 91.1 cm³/mol. The number of thiophene rings is 1. The quantitative estimate of drug-likeness (QED) is 0.758. The van der Waals surface area contributed by atoms with E-state index in [1.165, 1.54) is 18.4 Å². The smallest absolute Gasteiger partial charge is 0.270 e. The molecule has 0 aliphatic carbocycles. The molecular weight excluding hydrogens is 384 g/mol. The number of benzene rings is 1. The number of rotatable bonds is 5. The molecule has 0 atom stereocenters. The van der Waals surface area contributed by atoms with Gasteiger partial charge in [-0.3, -0.25) is 20.4 Å². The lowest BCUT2D eigenvalue weighted by molar-refractivity contribution is 0.0846. The Kier molecular flexibility index (Phi) is 6.00. The van der Waals surface area contributed by atoms with Crippen molar-refractivity contribution in [3.63, 3.8) is 0 Å². The summed E-state index contributed by atoms with van der Waals surface area (Å²) < 4.78 is 11.4. The van der Waals surface area contributed by atoms with Gasteiger partial charge in [-0.15, -0.1) is 11.3 Å². The molecule has 0 aliphatic heterocycles. The van der Waals surface area contributed by atoms with Crippen molar-refractivity contribution in [3.8, 4) is 11.5 Å². The number of hydrogen-bond acceptors (Lipinski definition) is 5. The van der Waals surface area contributed by atoms with Crippen LogP contribution in [0.4, 0.5) is 0 Å². The molecule has 1 aromatic carbocycles. The number of amides is 2. The topological polar surface area (TPSA) is 76.7 Å². The number of hydrazine groups is 1. The third-order valence-corrected chi connectivity index (χ3v) is 4.35. The monoisotopic (exact) mass is 398 g/mol. The van der Waals surface area contributed by atoms with Crippen LogP contribution < -0.4 is 20.3 Å². The molecule has 8 heteroatoms. The second-order valence-corrected chi connectivity index (χ2v) is 6.64. The van der Waals surface area contributed by atoms with Crippen LogP contribution in [0.5, 0.6) is 11.5 Å². The summed E-state index contributed by atoms with van der Waals surface area (Å²) in [6, 6.07) is 6.46. The van der Waals surface area contributed by atoms with Crippen LogP contribution in [0.3, 0.4) is 0 Å². The van der Waals surface area contributed by atoms with E-state index in [0.717, 1.165) is 3.79 Å². The fourth-order valence-corrected chi connectivity index (χ4v) is 2.91. The molecule has 2 rings (SSSR count). The summed E-state index contributed by atoms with van der Waals surface area (Å²) in [5.41, 5.74) is 5.54. The minimum Gasteiger partial charge on any atom is -0.493 e. The van der Waals surface area contributed by atoms with Crippen molar-refractivity contribution < 1.29 is 19.1 Å². The number of methoxy groups -OCH3 is 1. The van der Waals surface area contributed by atoms with E-state index in [9.17, 15) is 9.59 Å². The van der Waals surface area contributed by atoms with E-state index in [0.29, 0.717) is 29.2 Å². The molecule has 6 nitrogen and oxygen atoms in total. The van der Waals surface area contributed by atoms with Crippen molar-refractivity contribution in [2.24, 2.45) is 0 Å². The zero-order valence-corrected chi connectivity index (χ0v) is 14.9. The highest BCUT2D eigenvalue weighted by molar-refractivity contribution is 9.11. The first-order valence-corrected chi connectivity index (χ1v) is 8.38. The van der Waals surface area contributed by atoms with Gasteiger partial charge in [-0.2, -0.15) is 0 Å². The van der Waals surface area contributed by atoms with Gasteiger partial charge in [-0.25, -0.2) is 0 Å². The third kappa shape index (κ3) is 4.46. The van der Waals surface area contributed by atoms with E-state index in [1.54, 1.807) is 29.6 Å². The predicted octanol–water partition coefficient (Wildman–Crippen LogP) is 2.99. The molecule has 2 N–H and O–H groups in total. The van der Waals surface area contributed by atoms with E-state index in [1.807, 2.05) is 6.92 Å². The van der Waals surface area contributed by atoms with Crippen molar-refractivity contribution >= 4 is 39.1 Å². The summed E-state index contributed by atoms with van der Waals surface area (Å²) in [7, 11) is 1.50. The van der Waals surface area contributed by atoms with Crippen molar-refractivity contribution in [2.75, 3.05) is 13.7 Å². The Hall–Kier alpha value is -2.06. The van der Waals surface area contributed by atoms with Gasteiger partial charge in [-0.1, -0.05) is 0 Å². The second kappa shape index (κ2) is 7.98. The number of nitrogens with one attached hydrogen (secondary N) is 2. The molecule has 2 amide bonds. The second-order valence-electron chi connectivity index (χ2n) is 4.35. The van der Waals surface area contributed by atoms with Crippen molar-refractivity contribution in [3.05, 3.63) is 44.6 Å². The van der Waals surface area contributed by atoms with Crippen molar-refractivity contribution in [2.45, 2.75) is 6.92 Å². The van der Waals surface area contributed by atoms with Gasteiger partial charge in [0.1, 0.15) is 0 Å². The van der Waals surface area contributed by atoms with E-state index in [4.69, 9.17) is 9.47 Å². The van der Waals surface area contributed by atoms with E-state index >= 15 is 0 Å². The molecule has 0 spiro atoms. The lowest BCUT2D eigenvalue weighted by Crippen LogP contribution is -2.41. The SMILES string of the molecule is CCOc1ccc(C(=O)NNC(=O)c2csc(Br)c2)cc1OC. The third-order valence-electron chi connectivity index (χ3n) is 2.84. The summed E-state index contributed by atoms with van der Waals surface area (Å²) in [5.74, 6) is 0.165. The van der Waals surface area contributed by atoms with Gasteiger partial charge in [0.05, 0.1) is 23.1 Å². The van der Waals surface area contributed by atoms with Gasteiger partial charge in [0, 0.05) is 10.9 Å². The molecule has 1 aromatic heterocycles. The molecule has 23 heavy (non-hydrogen) atoms. The maximum absolute atomic E-state index is 12.1. The molecule has 0 saturated carbocycles. The van der Waals surface area contributed by atoms with Crippen LogP contribution in [0, 0.1) is 0 Å². The van der Waals surface area contributed by atoms with Crippen molar-refractivity contribution in [1.29, 1.82) is 0 Å². The zero-order valence-electron chi connectivity index (χ0n) is 12.5. The highest BCUT2D eigenvalue weighted by atomic mass is 79.9. The Labute approximate surface area is 145 Å². The minimum absolute atomic E-state index is 0.345. The lowest BCUT2D eigenvalue weighted by Gasteiger charge is -2.11. The van der Waals surface area contributed by atoms with Gasteiger partial charge >= 0.3 is 0 Å². The first-order valence-electron chi connectivity index (χ1n) is 6.70. The van der Waals surface area contributed by atoms with E-state index in [2.05, 4.69) is 26.8 Å². The van der Waals surface area contributed by atoms with Crippen LogP contribution in [0.25, 0.3) is 0 Å². The first-order chi connectivity index (χ1) is 11.0. The number of carbonyl (C=O) groups excluding carboxylic acids is 2. The maximum Gasteiger partial charge on any atom is 0.270 e. The molecule has 1 heterocycles. The van der Waals surface area contributed by atoms with Gasteiger partial charge in [0.2, 0.25) is 0 Å². The molecule has 0 unspecified atom stereocenters. The average molecular weight is 399 g/mol. The molecular formula is C15H15BrN2O4S. The minimum atomic E-state index is -0.450. The molecule has 0 fully saturated rings. The summed E-state index contributed by atoms with van der Waals surface area (Å²) in [6.07, 6.45) is 0. The van der Waals surface area contributed by atoms with Crippen LogP contribution in [-0.4, -0.2) is 25.5 Å². The fraction of sp³-hybridized carbons (Fsp3) is 0.200.